The normalized spacial score (nSPS) is 11.7. The van der Waals surface area contributed by atoms with Crippen LogP contribution in [0, 0.1) is 0 Å². The summed E-state index contributed by atoms with van der Waals surface area (Å²) in [6.45, 7) is 0. The Morgan fingerprint density at radius 3 is 2.25 bits per heavy atom. The van der Waals surface area contributed by atoms with Gasteiger partial charge in [-0.25, -0.2) is 13.2 Å². The van der Waals surface area contributed by atoms with E-state index in [0.717, 1.165) is 10.6 Å². The molecule has 0 saturated carbocycles. The van der Waals surface area contributed by atoms with E-state index in [2.05, 4.69) is 0 Å². The third-order valence-corrected chi connectivity index (χ3v) is 3.98. The standard InChI is InChI=1S/C12H17NO6S/c1-13(20(4,16)17)10-6-5-8(12(18-2)19-3)7-9(10)11(14)15/h5-7,12H,1-4H3,(H,14,15). The molecule has 0 saturated heterocycles. The molecule has 1 N–H and O–H groups in total. The van der Waals surface area contributed by atoms with Gasteiger partial charge in [0.15, 0.2) is 6.29 Å². The first-order chi connectivity index (χ1) is 9.22. The van der Waals surface area contributed by atoms with E-state index < -0.39 is 22.3 Å². The molecule has 0 bridgehead atoms. The molecule has 0 fully saturated rings. The first-order valence-electron chi connectivity index (χ1n) is 5.59. The fraction of sp³-hybridized carbons (Fsp3) is 0.417. The smallest absolute Gasteiger partial charge is 0.337 e. The highest BCUT2D eigenvalue weighted by atomic mass is 32.2. The van der Waals surface area contributed by atoms with E-state index in [1.54, 1.807) is 6.07 Å². The van der Waals surface area contributed by atoms with E-state index in [0.29, 0.717) is 5.56 Å². The van der Waals surface area contributed by atoms with Crippen molar-refractivity contribution in [1.82, 2.24) is 0 Å². The van der Waals surface area contributed by atoms with Gasteiger partial charge in [-0.05, 0) is 12.1 Å². The predicted molar refractivity (Wildman–Crippen MR) is 73.4 cm³/mol. The Balaban J connectivity index is 3.39. The number of aromatic carboxylic acids is 1. The summed E-state index contributed by atoms with van der Waals surface area (Å²) in [5, 5.41) is 9.23. The minimum atomic E-state index is -3.55. The van der Waals surface area contributed by atoms with Crippen LogP contribution >= 0.6 is 0 Å². The fourth-order valence-corrected chi connectivity index (χ4v) is 2.21. The fourth-order valence-electron chi connectivity index (χ4n) is 1.69. The summed E-state index contributed by atoms with van der Waals surface area (Å²) >= 11 is 0. The van der Waals surface area contributed by atoms with Gasteiger partial charge in [-0.1, -0.05) is 6.07 Å². The number of carboxylic acid groups (broad SMARTS) is 1. The number of carboxylic acids is 1. The molecule has 0 heterocycles. The molecule has 0 aliphatic carbocycles. The average molecular weight is 303 g/mol. The highest BCUT2D eigenvalue weighted by Gasteiger charge is 2.21. The van der Waals surface area contributed by atoms with Crippen molar-refractivity contribution in [3.05, 3.63) is 29.3 Å². The second-order valence-electron chi connectivity index (χ2n) is 4.12. The monoisotopic (exact) mass is 303 g/mol. The summed E-state index contributed by atoms with van der Waals surface area (Å²) < 4.78 is 34.0. The SMILES string of the molecule is COC(OC)c1ccc(N(C)S(C)(=O)=O)c(C(=O)O)c1. The van der Waals surface area contributed by atoms with Crippen molar-refractivity contribution in [2.45, 2.75) is 6.29 Å². The van der Waals surface area contributed by atoms with Crippen molar-refractivity contribution < 1.29 is 27.8 Å². The lowest BCUT2D eigenvalue weighted by Gasteiger charge is -2.21. The van der Waals surface area contributed by atoms with Crippen LogP contribution in [0.4, 0.5) is 5.69 Å². The molecule has 7 nitrogen and oxygen atoms in total. The van der Waals surface area contributed by atoms with Crippen LogP contribution in [0.3, 0.4) is 0 Å². The maximum Gasteiger partial charge on any atom is 0.337 e. The van der Waals surface area contributed by atoms with E-state index in [1.807, 2.05) is 0 Å². The van der Waals surface area contributed by atoms with Gasteiger partial charge in [0, 0.05) is 26.8 Å². The number of benzene rings is 1. The Kier molecular flexibility index (Phi) is 5.09. The zero-order valence-electron chi connectivity index (χ0n) is 11.7. The van der Waals surface area contributed by atoms with Crippen molar-refractivity contribution in [3.63, 3.8) is 0 Å². The quantitative estimate of drug-likeness (QED) is 0.790. The van der Waals surface area contributed by atoms with E-state index in [-0.39, 0.29) is 11.3 Å². The van der Waals surface area contributed by atoms with Gasteiger partial charge in [-0.15, -0.1) is 0 Å². The van der Waals surface area contributed by atoms with Gasteiger partial charge in [0.05, 0.1) is 17.5 Å². The summed E-state index contributed by atoms with van der Waals surface area (Å²) in [5.74, 6) is -1.23. The minimum absolute atomic E-state index is 0.0784. The largest absolute Gasteiger partial charge is 0.478 e. The average Bonchev–Trinajstić information content (AvgIpc) is 2.38. The molecule has 0 atom stereocenters. The predicted octanol–water partition coefficient (Wildman–Crippen LogP) is 1.07. The van der Waals surface area contributed by atoms with Gasteiger partial charge < -0.3 is 14.6 Å². The number of hydrogen-bond acceptors (Lipinski definition) is 5. The lowest BCUT2D eigenvalue weighted by molar-refractivity contribution is -0.106. The molecular weight excluding hydrogens is 286 g/mol. The van der Waals surface area contributed by atoms with Crippen LogP contribution in [-0.4, -0.2) is 47.0 Å². The molecule has 0 amide bonds. The van der Waals surface area contributed by atoms with Gasteiger partial charge in [-0.2, -0.15) is 0 Å². The number of methoxy groups -OCH3 is 2. The maximum absolute atomic E-state index is 11.5. The van der Waals surface area contributed by atoms with Gasteiger partial charge >= 0.3 is 5.97 Å². The number of sulfonamides is 1. The molecule has 1 aromatic carbocycles. The van der Waals surface area contributed by atoms with Crippen molar-refractivity contribution in [3.8, 4) is 0 Å². The molecule has 8 heteroatoms. The molecule has 0 radical (unpaired) electrons. The Labute approximate surface area is 117 Å². The molecule has 20 heavy (non-hydrogen) atoms. The van der Waals surface area contributed by atoms with Crippen LogP contribution in [0.2, 0.25) is 0 Å². The van der Waals surface area contributed by atoms with Gasteiger partial charge in [0.25, 0.3) is 0 Å². The second-order valence-corrected chi connectivity index (χ2v) is 6.13. The van der Waals surface area contributed by atoms with Crippen molar-refractivity contribution in [2.75, 3.05) is 31.8 Å². The number of ether oxygens (including phenoxy) is 2. The summed E-state index contributed by atoms with van der Waals surface area (Å²) in [6.07, 6.45) is 0.283. The number of rotatable bonds is 6. The number of carbonyl (C=O) groups is 1. The molecule has 0 spiro atoms. The number of hydrogen-bond donors (Lipinski definition) is 1. The molecule has 0 aliphatic heterocycles. The first-order valence-corrected chi connectivity index (χ1v) is 7.44. The van der Waals surface area contributed by atoms with Crippen LogP contribution in [-0.2, 0) is 19.5 Å². The molecule has 1 rings (SSSR count). The van der Waals surface area contributed by atoms with Crippen molar-refractivity contribution >= 4 is 21.7 Å². The van der Waals surface area contributed by atoms with Gasteiger partial charge in [-0.3, -0.25) is 4.31 Å². The van der Waals surface area contributed by atoms with E-state index in [1.165, 1.54) is 33.4 Å². The van der Waals surface area contributed by atoms with Crippen LogP contribution in [0.25, 0.3) is 0 Å². The van der Waals surface area contributed by atoms with E-state index >= 15 is 0 Å². The van der Waals surface area contributed by atoms with Crippen LogP contribution in [0.5, 0.6) is 0 Å². The highest BCUT2D eigenvalue weighted by Crippen LogP contribution is 2.27. The molecule has 0 aromatic heterocycles. The van der Waals surface area contributed by atoms with Crippen LogP contribution in [0.15, 0.2) is 18.2 Å². The zero-order valence-corrected chi connectivity index (χ0v) is 12.5. The second kappa shape index (κ2) is 6.21. The lowest BCUT2D eigenvalue weighted by atomic mass is 10.1. The third-order valence-electron chi connectivity index (χ3n) is 2.79. The van der Waals surface area contributed by atoms with Crippen molar-refractivity contribution in [1.29, 1.82) is 0 Å². The third kappa shape index (κ3) is 3.47. The minimum Gasteiger partial charge on any atom is -0.478 e. The van der Waals surface area contributed by atoms with Gasteiger partial charge in [0.2, 0.25) is 10.0 Å². The first kappa shape index (κ1) is 16.4. The molecular formula is C12H17NO6S. The molecule has 112 valence electrons. The summed E-state index contributed by atoms with van der Waals surface area (Å²) in [4.78, 5) is 11.3. The lowest BCUT2D eigenvalue weighted by Crippen LogP contribution is -2.26. The maximum atomic E-state index is 11.5. The highest BCUT2D eigenvalue weighted by molar-refractivity contribution is 7.92. The Hall–Kier alpha value is -1.64. The Morgan fingerprint density at radius 2 is 1.85 bits per heavy atom. The Bertz CT molecular complexity index is 594. The van der Waals surface area contributed by atoms with Crippen LogP contribution in [0.1, 0.15) is 22.2 Å². The summed E-state index contributed by atoms with van der Waals surface area (Å²) in [6, 6.07) is 4.29. The summed E-state index contributed by atoms with van der Waals surface area (Å²) in [7, 11) is 0.587. The summed E-state index contributed by atoms with van der Waals surface area (Å²) in [5.41, 5.74) is 0.419. The topological polar surface area (TPSA) is 93.1 Å². The van der Waals surface area contributed by atoms with Gasteiger partial charge in [0.1, 0.15) is 0 Å². The number of anilines is 1. The van der Waals surface area contributed by atoms with Crippen LogP contribution < -0.4 is 4.31 Å². The molecule has 0 aliphatic rings. The van der Waals surface area contributed by atoms with Crippen molar-refractivity contribution in [2.24, 2.45) is 0 Å². The molecule has 1 aromatic rings. The van der Waals surface area contributed by atoms with E-state index in [9.17, 15) is 18.3 Å². The Morgan fingerprint density at radius 1 is 1.30 bits per heavy atom. The number of nitrogens with zero attached hydrogens (tertiary/aromatic N) is 1. The van der Waals surface area contributed by atoms with E-state index in [4.69, 9.17) is 9.47 Å². The molecule has 0 unspecified atom stereocenters. The zero-order chi connectivity index (χ0) is 15.5.